The van der Waals surface area contributed by atoms with Crippen LogP contribution in [-0.4, -0.2) is 26.1 Å². The Labute approximate surface area is 102 Å². The summed E-state index contributed by atoms with van der Waals surface area (Å²) in [6, 6.07) is 0.203. The van der Waals surface area contributed by atoms with Crippen LogP contribution in [-0.2, 0) is 6.42 Å². The second-order valence-corrected chi connectivity index (χ2v) is 4.87. The van der Waals surface area contributed by atoms with Crippen LogP contribution in [0.15, 0.2) is 0 Å². The number of hydrogen-bond acceptors (Lipinski definition) is 3. The third-order valence-electron chi connectivity index (χ3n) is 2.72. The van der Waals surface area contributed by atoms with Crippen LogP contribution in [0.2, 0.25) is 0 Å². The highest BCUT2D eigenvalue weighted by Crippen LogP contribution is 2.19. The molecule has 96 valence electrons. The van der Waals surface area contributed by atoms with Crippen LogP contribution in [0.3, 0.4) is 0 Å². The molecule has 0 fully saturated rings. The van der Waals surface area contributed by atoms with Crippen molar-refractivity contribution in [1.29, 1.82) is 0 Å². The highest BCUT2D eigenvalue weighted by molar-refractivity contribution is 5.86. The van der Waals surface area contributed by atoms with Crippen molar-refractivity contribution < 1.29 is 9.90 Å². The summed E-state index contributed by atoms with van der Waals surface area (Å²) in [5, 5.41) is 16.9. The SMILES string of the molecule is CCCC(C)n1nnc(C(=O)O)c1CC(C)C. The van der Waals surface area contributed by atoms with E-state index in [1.54, 1.807) is 4.68 Å². The fourth-order valence-electron chi connectivity index (χ4n) is 1.95. The molecule has 0 aromatic carbocycles. The first-order valence-corrected chi connectivity index (χ1v) is 6.14. The van der Waals surface area contributed by atoms with Crippen LogP contribution in [0, 0.1) is 5.92 Å². The Hall–Kier alpha value is -1.39. The number of carboxylic acids is 1. The van der Waals surface area contributed by atoms with E-state index in [0.717, 1.165) is 18.5 Å². The van der Waals surface area contributed by atoms with E-state index in [0.29, 0.717) is 12.3 Å². The number of aromatic carboxylic acids is 1. The van der Waals surface area contributed by atoms with Crippen LogP contribution >= 0.6 is 0 Å². The van der Waals surface area contributed by atoms with E-state index in [2.05, 4.69) is 31.1 Å². The van der Waals surface area contributed by atoms with Crippen LogP contribution < -0.4 is 0 Å². The molecule has 0 saturated carbocycles. The average Bonchev–Trinajstić information content (AvgIpc) is 2.60. The average molecular weight is 239 g/mol. The second kappa shape index (κ2) is 5.80. The van der Waals surface area contributed by atoms with Crippen LogP contribution in [0.25, 0.3) is 0 Å². The minimum atomic E-state index is -0.990. The molecule has 0 spiro atoms. The Balaban J connectivity index is 3.08. The van der Waals surface area contributed by atoms with Gasteiger partial charge in [-0.2, -0.15) is 0 Å². The highest BCUT2D eigenvalue weighted by atomic mass is 16.4. The van der Waals surface area contributed by atoms with Crippen LogP contribution in [0.4, 0.5) is 0 Å². The predicted octanol–water partition coefficient (Wildman–Crippen LogP) is 2.54. The van der Waals surface area contributed by atoms with Gasteiger partial charge in [0.1, 0.15) is 0 Å². The van der Waals surface area contributed by atoms with Gasteiger partial charge in [-0.05, 0) is 25.7 Å². The quantitative estimate of drug-likeness (QED) is 0.828. The molecule has 0 radical (unpaired) electrons. The van der Waals surface area contributed by atoms with Crippen molar-refractivity contribution in [2.75, 3.05) is 0 Å². The Kier molecular flexibility index (Phi) is 4.66. The fraction of sp³-hybridized carbons (Fsp3) is 0.750. The molecule has 1 atom stereocenters. The first-order chi connectivity index (χ1) is 7.97. The van der Waals surface area contributed by atoms with Crippen molar-refractivity contribution in [2.45, 2.75) is 53.0 Å². The maximum atomic E-state index is 11.1. The third-order valence-corrected chi connectivity index (χ3v) is 2.72. The highest BCUT2D eigenvalue weighted by Gasteiger charge is 2.21. The lowest BCUT2D eigenvalue weighted by Crippen LogP contribution is -2.14. The van der Waals surface area contributed by atoms with Gasteiger partial charge in [-0.15, -0.1) is 5.10 Å². The van der Waals surface area contributed by atoms with Crippen LogP contribution in [0.1, 0.15) is 62.8 Å². The van der Waals surface area contributed by atoms with Gasteiger partial charge in [-0.3, -0.25) is 0 Å². The smallest absolute Gasteiger partial charge is 0.358 e. The van der Waals surface area contributed by atoms with Crippen molar-refractivity contribution in [1.82, 2.24) is 15.0 Å². The van der Waals surface area contributed by atoms with E-state index in [4.69, 9.17) is 5.11 Å². The van der Waals surface area contributed by atoms with E-state index in [9.17, 15) is 4.79 Å². The van der Waals surface area contributed by atoms with Gasteiger partial charge in [0.05, 0.1) is 11.7 Å². The summed E-state index contributed by atoms with van der Waals surface area (Å²) in [6.07, 6.45) is 2.72. The number of aromatic nitrogens is 3. The molecule has 17 heavy (non-hydrogen) atoms. The largest absolute Gasteiger partial charge is 0.476 e. The van der Waals surface area contributed by atoms with Gasteiger partial charge in [-0.25, -0.2) is 9.48 Å². The molecule has 1 N–H and O–H groups in total. The maximum Gasteiger partial charge on any atom is 0.358 e. The lowest BCUT2D eigenvalue weighted by Gasteiger charge is -2.15. The molecule has 1 unspecified atom stereocenters. The minimum absolute atomic E-state index is 0.0988. The minimum Gasteiger partial charge on any atom is -0.476 e. The summed E-state index contributed by atoms with van der Waals surface area (Å²) in [5.74, 6) is -0.602. The number of hydrogen-bond donors (Lipinski definition) is 1. The van der Waals surface area contributed by atoms with E-state index in [1.807, 2.05) is 6.92 Å². The predicted molar refractivity (Wildman–Crippen MR) is 65.1 cm³/mol. The number of carbonyl (C=O) groups is 1. The van der Waals surface area contributed by atoms with Gasteiger partial charge in [0.15, 0.2) is 5.69 Å². The molecular formula is C12H21N3O2. The molecule has 0 aliphatic carbocycles. The Morgan fingerprint density at radius 1 is 1.41 bits per heavy atom. The summed E-state index contributed by atoms with van der Waals surface area (Å²) in [5.41, 5.74) is 0.843. The first-order valence-electron chi connectivity index (χ1n) is 6.14. The van der Waals surface area contributed by atoms with Crippen molar-refractivity contribution in [3.05, 3.63) is 11.4 Å². The molecule has 0 aliphatic rings. The number of nitrogens with zero attached hydrogens (tertiary/aromatic N) is 3. The molecule has 0 aliphatic heterocycles. The molecule has 1 aromatic heterocycles. The molecular weight excluding hydrogens is 218 g/mol. The molecule has 0 amide bonds. The molecule has 5 heteroatoms. The lowest BCUT2D eigenvalue weighted by atomic mass is 10.1. The lowest BCUT2D eigenvalue weighted by molar-refractivity contribution is 0.0689. The molecule has 5 nitrogen and oxygen atoms in total. The third kappa shape index (κ3) is 3.28. The first kappa shape index (κ1) is 13.7. The summed E-state index contributed by atoms with van der Waals surface area (Å²) >= 11 is 0. The molecule has 1 aromatic rings. The van der Waals surface area contributed by atoms with Gasteiger partial charge in [-0.1, -0.05) is 32.4 Å². The number of rotatable bonds is 6. The maximum absolute atomic E-state index is 11.1. The van der Waals surface area contributed by atoms with E-state index in [1.165, 1.54) is 0 Å². The Morgan fingerprint density at radius 3 is 2.53 bits per heavy atom. The monoisotopic (exact) mass is 239 g/mol. The van der Waals surface area contributed by atoms with Crippen molar-refractivity contribution in [2.24, 2.45) is 5.92 Å². The van der Waals surface area contributed by atoms with Crippen molar-refractivity contribution in [3.63, 3.8) is 0 Å². The van der Waals surface area contributed by atoms with E-state index < -0.39 is 5.97 Å². The van der Waals surface area contributed by atoms with Crippen molar-refractivity contribution in [3.8, 4) is 0 Å². The normalized spacial score (nSPS) is 13.0. The topological polar surface area (TPSA) is 68.0 Å². The Bertz CT molecular complexity index is 385. The molecule has 0 bridgehead atoms. The van der Waals surface area contributed by atoms with Gasteiger partial charge < -0.3 is 5.11 Å². The molecule has 1 rings (SSSR count). The Morgan fingerprint density at radius 2 is 2.06 bits per heavy atom. The van der Waals surface area contributed by atoms with Gasteiger partial charge in [0.2, 0.25) is 0 Å². The van der Waals surface area contributed by atoms with Gasteiger partial charge in [0, 0.05) is 0 Å². The fourth-order valence-corrected chi connectivity index (χ4v) is 1.95. The zero-order chi connectivity index (χ0) is 13.0. The molecule has 1 heterocycles. The van der Waals surface area contributed by atoms with Crippen LogP contribution in [0.5, 0.6) is 0 Å². The van der Waals surface area contributed by atoms with E-state index in [-0.39, 0.29) is 11.7 Å². The van der Waals surface area contributed by atoms with Gasteiger partial charge in [0.25, 0.3) is 0 Å². The van der Waals surface area contributed by atoms with E-state index >= 15 is 0 Å². The molecule has 0 saturated heterocycles. The standard InChI is InChI=1S/C12H21N3O2/c1-5-6-9(4)15-10(7-8(2)3)11(12(16)17)13-14-15/h8-9H,5-7H2,1-4H3,(H,16,17). The summed E-state index contributed by atoms with van der Waals surface area (Å²) in [6.45, 7) is 8.28. The summed E-state index contributed by atoms with van der Waals surface area (Å²) in [4.78, 5) is 11.1. The summed E-state index contributed by atoms with van der Waals surface area (Å²) < 4.78 is 1.77. The second-order valence-electron chi connectivity index (χ2n) is 4.87. The zero-order valence-corrected chi connectivity index (χ0v) is 11.0. The van der Waals surface area contributed by atoms with Gasteiger partial charge >= 0.3 is 5.97 Å². The zero-order valence-electron chi connectivity index (χ0n) is 11.0. The number of carboxylic acid groups (broad SMARTS) is 1. The summed E-state index contributed by atoms with van der Waals surface area (Å²) in [7, 11) is 0. The van der Waals surface area contributed by atoms with Crippen molar-refractivity contribution >= 4 is 5.97 Å².